The number of amides is 1. The lowest BCUT2D eigenvalue weighted by Crippen LogP contribution is -2.13. The van der Waals surface area contributed by atoms with Gasteiger partial charge in [0.05, 0.1) is 5.75 Å². The summed E-state index contributed by atoms with van der Waals surface area (Å²) in [6.07, 6.45) is 1.67. The highest BCUT2D eigenvalue weighted by atomic mass is 32.2. The molecule has 0 saturated carbocycles. The van der Waals surface area contributed by atoms with E-state index in [0.29, 0.717) is 15.6 Å². The van der Waals surface area contributed by atoms with E-state index in [2.05, 4.69) is 10.3 Å². The standard InChI is InChI=1S/C14H13FN2O2S2/c1-8-6-16-14(21-8)17-13(19)7-20-12-4-3-10(9(2)18)5-11(12)15/h3-6H,7H2,1-2H3,(H,16,17,19). The van der Waals surface area contributed by atoms with Crippen LogP contribution in [-0.4, -0.2) is 22.4 Å². The number of rotatable bonds is 5. The van der Waals surface area contributed by atoms with E-state index in [9.17, 15) is 14.0 Å². The molecule has 0 aliphatic rings. The number of thioether (sulfide) groups is 1. The van der Waals surface area contributed by atoms with E-state index >= 15 is 0 Å². The van der Waals surface area contributed by atoms with Crippen LogP contribution in [0.3, 0.4) is 0 Å². The minimum Gasteiger partial charge on any atom is -0.301 e. The van der Waals surface area contributed by atoms with Gasteiger partial charge in [0, 0.05) is 21.5 Å². The number of aryl methyl sites for hydroxylation is 1. The summed E-state index contributed by atoms with van der Waals surface area (Å²) in [5, 5.41) is 3.19. The average Bonchev–Trinajstić information content (AvgIpc) is 2.82. The number of halogens is 1. The largest absolute Gasteiger partial charge is 0.301 e. The van der Waals surface area contributed by atoms with Crippen LogP contribution in [0.1, 0.15) is 22.2 Å². The van der Waals surface area contributed by atoms with E-state index in [1.54, 1.807) is 12.3 Å². The SMILES string of the molecule is CC(=O)c1ccc(SCC(=O)Nc2ncc(C)s2)c(F)c1. The van der Waals surface area contributed by atoms with Gasteiger partial charge in [0.2, 0.25) is 5.91 Å². The number of ketones is 1. The number of carbonyl (C=O) groups is 2. The number of anilines is 1. The number of nitrogens with one attached hydrogen (secondary N) is 1. The number of benzene rings is 1. The number of aromatic nitrogens is 1. The monoisotopic (exact) mass is 324 g/mol. The highest BCUT2D eigenvalue weighted by Gasteiger charge is 2.10. The Morgan fingerprint density at radius 1 is 1.43 bits per heavy atom. The summed E-state index contributed by atoms with van der Waals surface area (Å²) in [5.41, 5.74) is 0.319. The summed E-state index contributed by atoms with van der Waals surface area (Å²) in [4.78, 5) is 28.2. The minimum absolute atomic E-state index is 0.0783. The molecule has 1 heterocycles. The van der Waals surface area contributed by atoms with E-state index in [1.807, 2.05) is 6.92 Å². The summed E-state index contributed by atoms with van der Waals surface area (Å²) in [6, 6.07) is 4.25. The average molecular weight is 324 g/mol. The van der Waals surface area contributed by atoms with E-state index in [-0.39, 0.29) is 17.4 Å². The predicted octanol–water partition coefficient (Wildman–Crippen LogP) is 3.52. The number of Topliss-reactive ketones (excluding diaryl/α,β-unsaturated/α-hetero) is 1. The summed E-state index contributed by atoms with van der Waals surface area (Å²) < 4.78 is 13.8. The molecular formula is C14H13FN2O2S2. The molecule has 1 aromatic heterocycles. The highest BCUT2D eigenvalue weighted by Crippen LogP contribution is 2.23. The minimum atomic E-state index is -0.495. The number of hydrogen-bond acceptors (Lipinski definition) is 5. The molecule has 1 aromatic carbocycles. The predicted molar refractivity (Wildman–Crippen MR) is 82.6 cm³/mol. The van der Waals surface area contributed by atoms with Crippen molar-refractivity contribution in [3.05, 3.63) is 40.7 Å². The van der Waals surface area contributed by atoms with Crippen LogP contribution in [0.25, 0.3) is 0 Å². The first-order valence-corrected chi connectivity index (χ1v) is 7.91. The summed E-state index contributed by atoms with van der Waals surface area (Å²) in [5.74, 6) is -0.855. The van der Waals surface area contributed by atoms with Gasteiger partial charge in [-0.1, -0.05) is 6.07 Å². The van der Waals surface area contributed by atoms with E-state index < -0.39 is 5.82 Å². The van der Waals surface area contributed by atoms with Crippen molar-refractivity contribution in [2.24, 2.45) is 0 Å². The van der Waals surface area contributed by atoms with Gasteiger partial charge in [-0.05, 0) is 26.0 Å². The maximum Gasteiger partial charge on any atom is 0.236 e. The molecule has 7 heteroatoms. The Balaban J connectivity index is 1.93. The zero-order valence-electron chi connectivity index (χ0n) is 11.5. The molecule has 0 fully saturated rings. The maximum absolute atomic E-state index is 13.8. The van der Waals surface area contributed by atoms with Crippen LogP contribution in [0, 0.1) is 12.7 Å². The summed E-state index contributed by atoms with van der Waals surface area (Å²) in [7, 11) is 0. The van der Waals surface area contributed by atoms with Crippen molar-refractivity contribution in [3.8, 4) is 0 Å². The first kappa shape index (κ1) is 15.7. The van der Waals surface area contributed by atoms with E-state index in [4.69, 9.17) is 0 Å². The van der Waals surface area contributed by atoms with Gasteiger partial charge in [-0.2, -0.15) is 0 Å². The molecular weight excluding hydrogens is 311 g/mol. The van der Waals surface area contributed by atoms with Gasteiger partial charge in [0.1, 0.15) is 5.82 Å². The molecule has 0 unspecified atom stereocenters. The van der Waals surface area contributed by atoms with Gasteiger partial charge < -0.3 is 5.32 Å². The Morgan fingerprint density at radius 3 is 2.76 bits per heavy atom. The number of thiazole rings is 1. The second kappa shape index (κ2) is 6.82. The van der Waals surface area contributed by atoms with Crippen molar-refractivity contribution in [1.82, 2.24) is 4.98 Å². The van der Waals surface area contributed by atoms with Crippen molar-refractivity contribution in [1.29, 1.82) is 0 Å². The normalized spacial score (nSPS) is 10.4. The molecule has 1 amide bonds. The topological polar surface area (TPSA) is 59.1 Å². The molecule has 4 nitrogen and oxygen atoms in total. The summed E-state index contributed by atoms with van der Waals surface area (Å²) >= 11 is 2.46. The Labute approximate surface area is 129 Å². The molecule has 0 atom stereocenters. The molecule has 0 saturated heterocycles. The quantitative estimate of drug-likeness (QED) is 0.675. The second-order valence-electron chi connectivity index (χ2n) is 4.31. The maximum atomic E-state index is 13.8. The fourth-order valence-corrected chi connectivity index (χ4v) is 2.95. The van der Waals surface area contributed by atoms with Gasteiger partial charge in [-0.3, -0.25) is 9.59 Å². The van der Waals surface area contributed by atoms with Gasteiger partial charge >= 0.3 is 0 Å². The lowest BCUT2D eigenvalue weighted by Gasteiger charge is -2.04. The van der Waals surface area contributed by atoms with Crippen LogP contribution in [0.15, 0.2) is 29.3 Å². The molecule has 110 valence electrons. The Bertz CT molecular complexity index is 685. The molecule has 0 aliphatic carbocycles. The Hall–Kier alpha value is -1.73. The number of nitrogens with zero attached hydrogens (tertiary/aromatic N) is 1. The van der Waals surface area contributed by atoms with Crippen molar-refractivity contribution < 1.29 is 14.0 Å². The highest BCUT2D eigenvalue weighted by molar-refractivity contribution is 8.00. The van der Waals surface area contributed by atoms with Gasteiger partial charge in [0.25, 0.3) is 0 Å². The molecule has 2 aromatic rings. The zero-order chi connectivity index (χ0) is 15.4. The molecule has 0 radical (unpaired) electrons. The molecule has 0 bridgehead atoms. The lowest BCUT2D eigenvalue weighted by molar-refractivity contribution is -0.113. The van der Waals surface area contributed by atoms with Crippen LogP contribution >= 0.6 is 23.1 Å². The zero-order valence-corrected chi connectivity index (χ0v) is 13.1. The Kier molecular flexibility index (Phi) is 5.08. The first-order chi connectivity index (χ1) is 9.95. The third kappa shape index (κ3) is 4.37. The molecule has 2 rings (SSSR count). The van der Waals surface area contributed by atoms with Crippen LogP contribution in [0.4, 0.5) is 9.52 Å². The van der Waals surface area contributed by atoms with E-state index in [0.717, 1.165) is 16.6 Å². The first-order valence-electron chi connectivity index (χ1n) is 6.11. The van der Waals surface area contributed by atoms with Gasteiger partial charge in [0.15, 0.2) is 10.9 Å². The smallest absolute Gasteiger partial charge is 0.236 e. The number of carbonyl (C=O) groups excluding carboxylic acids is 2. The molecule has 0 spiro atoms. The van der Waals surface area contributed by atoms with Gasteiger partial charge in [-0.25, -0.2) is 9.37 Å². The third-order valence-corrected chi connectivity index (χ3v) is 4.44. The van der Waals surface area contributed by atoms with Crippen LogP contribution in [-0.2, 0) is 4.79 Å². The van der Waals surface area contributed by atoms with E-state index in [1.165, 1.54) is 30.4 Å². The fraction of sp³-hybridized carbons (Fsp3) is 0.214. The molecule has 0 aliphatic heterocycles. The molecule has 21 heavy (non-hydrogen) atoms. The number of hydrogen-bond donors (Lipinski definition) is 1. The van der Waals surface area contributed by atoms with Gasteiger partial charge in [-0.15, -0.1) is 23.1 Å². The second-order valence-corrected chi connectivity index (χ2v) is 6.57. The van der Waals surface area contributed by atoms with Crippen molar-refractivity contribution in [2.45, 2.75) is 18.7 Å². The Morgan fingerprint density at radius 2 is 2.19 bits per heavy atom. The third-order valence-electron chi connectivity index (χ3n) is 2.56. The fourth-order valence-electron chi connectivity index (χ4n) is 1.55. The van der Waals surface area contributed by atoms with Crippen LogP contribution in [0.5, 0.6) is 0 Å². The van der Waals surface area contributed by atoms with Crippen molar-refractivity contribution in [3.63, 3.8) is 0 Å². The molecule has 1 N–H and O–H groups in total. The lowest BCUT2D eigenvalue weighted by atomic mass is 10.1. The van der Waals surface area contributed by atoms with Crippen LogP contribution < -0.4 is 5.32 Å². The summed E-state index contributed by atoms with van der Waals surface area (Å²) in [6.45, 7) is 3.28. The van der Waals surface area contributed by atoms with Crippen molar-refractivity contribution >= 4 is 39.9 Å². The van der Waals surface area contributed by atoms with Crippen molar-refractivity contribution in [2.75, 3.05) is 11.1 Å². The van der Waals surface area contributed by atoms with Crippen LogP contribution in [0.2, 0.25) is 0 Å².